The van der Waals surface area contributed by atoms with Crippen LogP contribution in [0.25, 0.3) is 56.3 Å². The van der Waals surface area contributed by atoms with Crippen LogP contribution in [0.5, 0.6) is 0 Å². The highest BCUT2D eigenvalue weighted by Gasteiger charge is 2.17. The van der Waals surface area contributed by atoms with Crippen LogP contribution < -0.4 is 44.6 Å². The highest BCUT2D eigenvalue weighted by atomic mass is 32.2. The first-order chi connectivity index (χ1) is 45.6. The average Bonchev–Trinajstić information content (AvgIpc) is 0.980. The van der Waals surface area contributed by atoms with Crippen LogP contribution in [0.3, 0.4) is 0 Å². The van der Waals surface area contributed by atoms with Gasteiger partial charge in [-0.2, -0.15) is 15.0 Å². The molecule has 0 amide bonds. The van der Waals surface area contributed by atoms with E-state index in [0.717, 1.165) is 151 Å². The molecule has 0 unspecified atom stereocenters. The third-order valence-electron chi connectivity index (χ3n) is 14.5. The van der Waals surface area contributed by atoms with Crippen molar-refractivity contribution < 1.29 is 13.2 Å². The van der Waals surface area contributed by atoms with Gasteiger partial charge in [-0.25, -0.2) is 43.3 Å². The monoisotopic (exact) mass is 1290 g/mol. The number of nitrogens with one attached hydrogen (secondary N) is 3. The quantitative estimate of drug-likeness (QED) is 0.0292. The molecule has 0 saturated heterocycles. The van der Waals surface area contributed by atoms with E-state index in [9.17, 15) is 8.42 Å². The lowest BCUT2D eigenvalue weighted by atomic mass is 9.86. The van der Waals surface area contributed by atoms with E-state index in [-0.39, 0.29) is 16.8 Å². The van der Waals surface area contributed by atoms with Crippen LogP contribution in [0.2, 0.25) is 0 Å². The van der Waals surface area contributed by atoms with Gasteiger partial charge < -0.3 is 49.4 Å². The second-order valence-electron chi connectivity index (χ2n) is 22.2. The molecule has 5 aromatic heterocycles. The third-order valence-corrected chi connectivity index (χ3v) is 15.6. The van der Waals surface area contributed by atoms with E-state index in [0.29, 0.717) is 29.4 Å². The zero-order valence-corrected chi connectivity index (χ0v) is 55.4. The lowest BCUT2D eigenvalue weighted by Gasteiger charge is -2.21. The summed E-state index contributed by atoms with van der Waals surface area (Å²) in [6, 6.07) is 56.3. The van der Waals surface area contributed by atoms with Crippen LogP contribution in [0, 0.1) is 5.92 Å². The Balaban J connectivity index is 0.000000167. The van der Waals surface area contributed by atoms with E-state index in [4.69, 9.17) is 33.4 Å². The summed E-state index contributed by atoms with van der Waals surface area (Å²) in [4.78, 5) is 42.7. The number of sulfone groups is 1. The van der Waals surface area contributed by atoms with E-state index in [1.807, 2.05) is 134 Å². The molecule has 492 valence electrons. The number of nitrogens with zero attached hydrogens (tertiary/aromatic N) is 10. The first kappa shape index (κ1) is 71.3. The van der Waals surface area contributed by atoms with Crippen molar-refractivity contribution in [1.82, 2.24) is 49.8 Å². The molecular weight excluding hydrogens is 1200 g/mol. The molecule has 0 radical (unpaired) electrons. The van der Waals surface area contributed by atoms with Crippen molar-refractivity contribution in [3.8, 4) is 56.3 Å². The lowest BCUT2D eigenvalue weighted by Crippen LogP contribution is -2.11. The molecule has 11 rings (SSSR count). The summed E-state index contributed by atoms with van der Waals surface area (Å²) in [7, 11) is -3.20. The number of ether oxygens (including phenoxy) is 1. The molecular formula is C72H90N18O3S. The van der Waals surface area contributed by atoms with Crippen molar-refractivity contribution in [2.45, 2.75) is 103 Å². The number of nitrogen functional groups attached to an aromatic ring is 5. The number of nitrogens with two attached hydrogens (primary N) is 5. The Kier molecular flexibility index (Phi) is 28.8. The van der Waals surface area contributed by atoms with Crippen LogP contribution in [-0.2, 0) is 27.4 Å². The fourth-order valence-electron chi connectivity index (χ4n) is 9.97. The molecule has 5 aromatic carbocycles. The number of rotatable bonds is 22. The number of benzene rings is 5. The molecule has 13 N–H and O–H groups in total. The first-order valence-electron chi connectivity index (χ1n) is 32.1. The van der Waals surface area contributed by atoms with Gasteiger partial charge in [0.05, 0.1) is 33.4 Å². The maximum Gasteiger partial charge on any atom is 0.222 e. The molecule has 1 aliphatic rings. The number of aromatic nitrogens is 10. The summed E-state index contributed by atoms with van der Waals surface area (Å²) in [5, 5.41) is 9.61. The molecule has 5 heterocycles. The molecule has 10 aromatic rings. The summed E-state index contributed by atoms with van der Waals surface area (Å²) >= 11 is 0. The van der Waals surface area contributed by atoms with E-state index in [2.05, 4.69) is 105 Å². The van der Waals surface area contributed by atoms with Gasteiger partial charge in [-0.15, -0.1) is 0 Å². The molecule has 21 nitrogen and oxygen atoms in total. The summed E-state index contributed by atoms with van der Waals surface area (Å²) in [6.45, 7) is 12.2. The topological polar surface area (TPSA) is 338 Å². The molecule has 1 aliphatic carbocycles. The van der Waals surface area contributed by atoms with Crippen LogP contribution in [0.1, 0.15) is 96.9 Å². The van der Waals surface area contributed by atoms with Gasteiger partial charge in [0.1, 0.15) is 17.5 Å². The summed E-state index contributed by atoms with van der Waals surface area (Å²) < 4.78 is 28.2. The van der Waals surface area contributed by atoms with E-state index >= 15 is 0 Å². The fourth-order valence-corrected chi connectivity index (χ4v) is 10.6. The number of aryl methyl sites for hydroxylation is 1. The zero-order valence-electron chi connectivity index (χ0n) is 54.6. The molecule has 0 aliphatic heterocycles. The van der Waals surface area contributed by atoms with Crippen molar-refractivity contribution in [2.24, 2.45) is 5.92 Å². The predicted octanol–water partition coefficient (Wildman–Crippen LogP) is 13.6. The molecule has 0 spiro atoms. The largest absolute Gasteiger partial charge is 0.382 e. The molecule has 22 heteroatoms. The summed E-state index contributed by atoms with van der Waals surface area (Å²) in [6.07, 6.45) is 13.9. The molecule has 94 heavy (non-hydrogen) atoms. The van der Waals surface area contributed by atoms with E-state index in [1.54, 1.807) is 30.3 Å². The Bertz CT molecular complexity index is 3970. The first-order valence-corrected chi connectivity index (χ1v) is 34.0. The molecule has 1 fully saturated rings. The van der Waals surface area contributed by atoms with Gasteiger partial charge in [-0.05, 0) is 69.2 Å². The van der Waals surface area contributed by atoms with Crippen LogP contribution in [-0.4, -0.2) is 97.4 Å². The number of anilines is 8. The van der Waals surface area contributed by atoms with Gasteiger partial charge in [-0.1, -0.05) is 193 Å². The Labute approximate surface area is 553 Å². The highest BCUT2D eigenvalue weighted by Crippen LogP contribution is 2.29. The van der Waals surface area contributed by atoms with Gasteiger partial charge in [0.15, 0.2) is 9.84 Å². The van der Waals surface area contributed by atoms with Gasteiger partial charge in [-0.3, -0.25) is 0 Å². The van der Waals surface area contributed by atoms with Crippen LogP contribution in [0.4, 0.5) is 47.2 Å². The van der Waals surface area contributed by atoms with Gasteiger partial charge in [0.25, 0.3) is 0 Å². The van der Waals surface area contributed by atoms with Crippen LogP contribution in [0.15, 0.2) is 181 Å². The maximum absolute atomic E-state index is 11.5. The van der Waals surface area contributed by atoms with E-state index < -0.39 is 9.84 Å². The van der Waals surface area contributed by atoms with Gasteiger partial charge in [0, 0.05) is 96.5 Å². The van der Waals surface area contributed by atoms with E-state index in [1.165, 1.54) is 38.4 Å². The number of hydrogen-bond donors (Lipinski definition) is 8. The van der Waals surface area contributed by atoms with Gasteiger partial charge in [0.2, 0.25) is 29.7 Å². The van der Waals surface area contributed by atoms with Crippen molar-refractivity contribution in [1.29, 1.82) is 0 Å². The predicted molar refractivity (Wildman–Crippen MR) is 384 cm³/mol. The SMILES string of the molecule is CCCNc1cc(-c2ccc(S(C)(=O)=O)cc2)nc(N)n1.CCCNc1cc(-c2ccccc2)nc(N)n1.CCCc1cc(-c2ccccc2)nc(N)n1.CCOCCCNc1cc(-c2ccccc2)nc(N)n1.Nc1nc(CC2CCCCC2)cc(-c2ccccc2)n1. The fraction of sp³-hybridized carbons (Fsp3) is 0.306. The van der Waals surface area contributed by atoms with Crippen molar-refractivity contribution in [2.75, 3.05) is 83.7 Å². The highest BCUT2D eigenvalue weighted by molar-refractivity contribution is 7.90. The third kappa shape index (κ3) is 24.5. The van der Waals surface area contributed by atoms with Crippen molar-refractivity contribution in [3.63, 3.8) is 0 Å². The summed E-state index contributed by atoms with van der Waals surface area (Å²) in [5.74, 6) is 4.43. The molecule has 0 atom stereocenters. The van der Waals surface area contributed by atoms with Crippen molar-refractivity contribution >= 4 is 57.0 Å². The second-order valence-corrected chi connectivity index (χ2v) is 24.3. The minimum absolute atomic E-state index is 0.179. The minimum atomic E-state index is -3.20. The molecule has 0 bridgehead atoms. The maximum atomic E-state index is 11.5. The van der Waals surface area contributed by atoms with Crippen LogP contribution >= 0.6 is 0 Å². The smallest absolute Gasteiger partial charge is 0.222 e. The normalized spacial score (nSPS) is 11.8. The Morgan fingerprint density at radius 3 is 1.14 bits per heavy atom. The Hall–Kier alpha value is -10.2. The minimum Gasteiger partial charge on any atom is -0.382 e. The number of hydrogen-bond acceptors (Lipinski definition) is 21. The lowest BCUT2D eigenvalue weighted by molar-refractivity contribution is 0.147. The average molecular weight is 1290 g/mol. The Morgan fingerprint density at radius 1 is 0.415 bits per heavy atom. The van der Waals surface area contributed by atoms with Gasteiger partial charge >= 0.3 is 0 Å². The zero-order chi connectivity index (χ0) is 66.9. The molecule has 1 saturated carbocycles. The standard InChI is InChI=1S/C17H21N3.C15H20N4O.C14H18N4O2S.C13H16N4.C13H15N3/c18-17-19-15(11-13-7-3-1-4-8-13)12-16(20-17)14-9-5-2-6-10-14;1-2-20-10-6-9-17-14-11-13(18-15(16)19-14)12-7-4-3-5-8-12;1-3-8-16-13-9-12(17-14(15)18-13)10-4-6-11(7-5-10)21(2,19)20;1-2-8-15-12-9-11(16-13(14)17-12)10-6-4-3-5-7-10;1-2-6-11-9-12(16-13(14)15-11)10-7-4-3-5-8-10/h2,5-6,9-10,12-13H,1,3-4,7-8,11H2,(H2,18,19,20);3-5,7-8,11H,2,6,9-10H2,1H3,(H3,16,17,18,19);4-7,9H,3,8H2,1-2H3,(H3,15,16,17,18);3-7,9H,2,8H2,1H3,(H3,14,15,16,17);3-5,7-9H,2,6H2,1H3,(H2,14,15,16). The van der Waals surface area contributed by atoms with Crippen molar-refractivity contribution in [3.05, 3.63) is 187 Å². The second kappa shape index (κ2) is 38.0. The summed E-state index contributed by atoms with van der Waals surface area (Å²) in [5.41, 5.74) is 40.1. The Morgan fingerprint density at radius 2 is 0.766 bits per heavy atom.